The second-order valence-electron chi connectivity index (χ2n) is 17.1. The van der Waals surface area contributed by atoms with Crippen molar-refractivity contribution in [2.75, 3.05) is 58.3 Å². The Morgan fingerprint density at radius 3 is 1.98 bits per heavy atom. The van der Waals surface area contributed by atoms with Crippen molar-refractivity contribution < 1.29 is 19.2 Å². The number of anilines is 1. The van der Waals surface area contributed by atoms with Crippen LogP contribution in [-0.2, 0) is 9.59 Å². The summed E-state index contributed by atoms with van der Waals surface area (Å²) in [6.07, 6.45) is 22.5. The summed E-state index contributed by atoms with van der Waals surface area (Å²) in [7, 11) is 3.80. The van der Waals surface area contributed by atoms with Gasteiger partial charge in [0.2, 0.25) is 0 Å². The van der Waals surface area contributed by atoms with Gasteiger partial charge < -0.3 is 19.5 Å². The van der Waals surface area contributed by atoms with Gasteiger partial charge in [0.05, 0.1) is 0 Å². The zero-order valence-electron chi connectivity index (χ0n) is 34.5. The van der Waals surface area contributed by atoms with Gasteiger partial charge in [0.1, 0.15) is 12.6 Å². The molecule has 3 unspecified atom stereocenters. The van der Waals surface area contributed by atoms with Crippen molar-refractivity contribution in [3.63, 3.8) is 0 Å². The van der Waals surface area contributed by atoms with Gasteiger partial charge in [0.15, 0.2) is 0 Å². The summed E-state index contributed by atoms with van der Waals surface area (Å²) in [6.45, 7) is 9.45. The average molecular weight is 761 g/mol. The molecule has 0 radical (unpaired) electrons. The fourth-order valence-electron chi connectivity index (χ4n) is 10.4. The van der Waals surface area contributed by atoms with Gasteiger partial charge in [-0.25, -0.2) is 0 Å². The van der Waals surface area contributed by atoms with Crippen molar-refractivity contribution in [2.45, 2.75) is 128 Å². The maximum absolute atomic E-state index is 14.7. The predicted octanol–water partition coefficient (Wildman–Crippen LogP) is 9.27. The van der Waals surface area contributed by atoms with Gasteiger partial charge >= 0.3 is 0 Å². The number of hydrogen-bond donors (Lipinski definition) is 0. The van der Waals surface area contributed by atoms with Crippen LogP contribution in [0.1, 0.15) is 165 Å². The molecular formula is C48H64N4O4. The van der Waals surface area contributed by atoms with E-state index in [1.807, 2.05) is 30.0 Å². The van der Waals surface area contributed by atoms with E-state index in [1.165, 1.54) is 25.7 Å². The van der Waals surface area contributed by atoms with E-state index in [2.05, 4.69) is 47.9 Å². The molecule has 7 rings (SSSR count). The van der Waals surface area contributed by atoms with Crippen LogP contribution in [0.4, 0.5) is 5.69 Å². The summed E-state index contributed by atoms with van der Waals surface area (Å²) >= 11 is 0. The number of amides is 2. The van der Waals surface area contributed by atoms with Gasteiger partial charge in [-0.2, -0.15) is 0 Å². The standard InChI is InChI=1S/C48H64N4O4/c1-5-7-9-11-12-14-24-50(4)48(56)38-30-40(52-27-17-18-28-52)44-36-21-22-37(47(55)49(3)23-13-10-8-6-2)42-34(32-54)29-39(51-25-15-16-26-51)43(46(36)42)35-20-19-33(31-53)41(38)45(35)44/h20-22,29-33,39,43H,5-19,23-28H2,1-4H3. The number of carbonyl (C=O) groups excluding carboxylic acids is 4. The van der Waals surface area contributed by atoms with E-state index >= 15 is 0 Å². The minimum absolute atomic E-state index is 0.0119. The minimum atomic E-state index is -0.431. The molecule has 0 bridgehead atoms. The van der Waals surface area contributed by atoms with Crippen LogP contribution in [0.2, 0.25) is 0 Å². The molecule has 3 atom stereocenters. The lowest BCUT2D eigenvalue weighted by Crippen LogP contribution is -2.42. The molecule has 2 heterocycles. The topological polar surface area (TPSA) is 81.2 Å². The number of carbonyl (C=O) groups is 4. The first-order valence-corrected chi connectivity index (χ1v) is 22.1. The number of allylic oxidation sites excluding steroid dienone is 2. The third-order valence-electron chi connectivity index (χ3n) is 13.4. The molecule has 2 amide bonds. The zero-order chi connectivity index (χ0) is 39.3. The molecule has 56 heavy (non-hydrogen) atoms. The average Bonchev–Trinajstić information content (AvgIpc) is 3.97. The lowest BCUT2D eigenvalue weighted by atomic mass is 9.61. The number of aldehydes is 2. The van der Waals surface area contributed by atoms with E-state index in [9.17, 15) is 19.2 Å². The molecule has 300 valence electrons. The molecular weight excluding hydrogens is 697 g/mol. The molecule has 2 aliphatic heterocycles. The van der Waals surface area contributed by atoms with Crippen LogP contribution in [0.5, 0.6) is 0 Å². The fourth-order valence-corrected chi connectivity index (χ4v) is 10.4. The first-order chi connectivity index (χ1) is 27.3. The Kier molecular flexibility index (Phi) is 12.9. The lowest BCUT2D eigenvalue weighted by molar-refractivity contribution is -0.109. The molecule has 5 aliphatic rings. The highest BCUT2D eigenvalue weighted by Crippen LogP contribution is 2.60. The maximum Gasteiger partial charge on any atom is 0.254 e. The van der Waals surface area contributed by atoms with Crippen molar-refractivity contribution in [3.05, 3.63) is 63.7 Å². The molecule has 0 N–H and O–H groups in total. The molecule has 0 spiro atoms. The van der Waals surface area contributed by atoms with E-state index in [-0.39, 0.29) is 23.8 Å². The van der Waals surface area contributed by atoms with Crippen molar-refractivity contribution >= 4 is 41.2 Å². The highest BCUT2D eigenvalue weighted by atomic mass is 16.2. The number of fused-ring (bicyclic) bond motifs is 2. The lowest BCUT2D eigenvalue weighted by Gasteiger charge is -2.46. The summed E-state index contributed by atoms with van der Waals surface area (Å²) in [5, 5.41) is 0. The van der Waals surface area contributed by atoms with Gasteiger partial charge in [-0.05, 0) is 98.0 Å². The van der Waals surface area contributed by atoms with E-state index in [0.717, 1.165) is 148 Å². The Morgan fingerprint density at radius 2 is 1.34 bits per heavy atom. The zero-order valence-corrected chi connectivity index (χ0v) is 34.5. The highest BCUT2D eigenvalue weighted by Gasteiger charge is 2.47. The Balaban J connectivity index is 1.41. The summed E-state index contributed by atoms with van der Waals surface area (Å²) in [4.78, 5) is 64.1. The van der Waals surface area contributed by atoms with Crippen LogP contribution in [-0.4, -0.2) is 98.5 Å². The molecule has 3 aliphatic carbocycles. The number of likely N-dealkylation sites (tertiary alicyclic amines) is 1. The number of hydrogen-bond acceptors (Lipinski definition) is 6. The van der Waals surface area contributed by atoms with E-state index < -0.39 is 5.92 Å². The summed E-state index contributed by atoms with van der Waals surface area (Å²) in [6, 6.07) is 6.10. The first-order valence-electron chi connectivity index (χ1n) is 22.1. The molecule has 0 aromatic heterocycles. The van der Waals surface area contributed by atoms with Crippen molar-refractivity contribution in [2.24, 2.45) is 0 Å². The third kappa shape index (κ3) is 7.55. The Labute approximate surface area is 335 Å². The number of nitrogens with zero attached hydrogens (tertiary/aromatic N) is 4. The van der Waals surface area contributed by atoms with Crippen LogP contribution in [0.3, 0.4) is 0 Å². The smallest absolute Gasteiger partial charge is 0.254 e. The number of unbranched alkanes of at least 4 members (excludes halogenated alkanes) is 8. The van der Waals surface area contributed by atoms with Gasteiger partial charge in [0.25, 0.3) is 11.8 Å². The van der Waals surface area contributed by atoms with Crippen molar-refractivity contribution in [1.82, 2.24) is 14.7 Å². The minimum Gasteiger partial charge on any atom is -0.371 e. The monoisotopic (exact) mass is 760 g/mol. The highest BCUT2D eigenvalue weighted by molar-refractivity contribution is 6.17. The van der Waals surface area contributed by atoms with Crippen molar-refractivity contribution in [3.8, 4) is 11.1 Å². The molecule has 0 saturated carbocycles. The molecule has 8 nitrogen and oxygen atoms in total. The SMILES string of the molecule is CCCCCCCCN(C)C(=O)c1cc(N2CCCC2)c2c3c1C(C=O)CC=C3C1c3c-2ccc(C(=O)N(C)CCCCCC)c3C(C=O)=CC1N1CCCC1. The molecule has 2 aromatic carbocycles. The van der Waals surface area contributed by atoms with Gasteiger partial charge in [-0.3, -0.25) is 19.3 Å². The second kappa shape index (κ2) is 18.0. The Bertz CT molecular complexity index is 1870. The molecule has 8 heteroatoms. The number of benzene rings is 2. The molecule has 2 fully saturated rings. The first kappa shape index (κ1) is 40.2. The van der Waals surface area contributed by atoms with Crippen LogP contribution < -0.4 is 4.90 Å². The van der Waals surface area contributed by atoms with Gasteiger partial charge in [-0.1, -0.05) is 83.4 Å². The maximum atomic E-state index is 14.7. The van der Waals surface area contributed by atoms with Crippen LogP contribution >= 0.6 is 0 Å². The predicted molar refractivity (Wildman–Crippen MR) is 228 cm³/mol. The Morgan fingerprint density at radius 1 is 0.732 bits per heavy atom. The summed E-state index contributed by atoms with van der Waals surface area (Å²) in [5.41, 5.74) is 9.82. The van der Waals surface area contributed by atoms with Gasteiger partial charge in [-0.15, -0.1) is 0 Å². The Hall–Kier alpha value is -4.04. The van der Waals surface area contributed by atoms with Gasteiger partial charge in [0, 0.05) is 91.7 Å². The molecule has 2 aromatic rings. The normalized spacial score (nSPS) is 20.9. The van der Waals surface area contributed by atoms with E-state index in [1.54, 1.807) is 0 Å². The summed E-state index contributed by atoms with van der Waals surface area (Å²) < 4.78 is 0. The van der Waals surface area contributed by atoms with Crippen molar-refractivity contribution in [1.29, 1.82) is 0 Å². The summed E-state index contributed by atoms with van der Waals surface area (Å²) in [5.74, 6) is -0.632. The quantitative estimate of drug-likeness (QED) is 0.111. The molecule has 2 saturated heterocycles. The van der Waals surface area contributed by atoms with E-state index in [0.29, 0.717) is 36.2 Å². The fraction of sp³-hybridized carbons (Fsp3) is 0.583. The largest absolute Gasteiger partial charge is 0.371 e. The second-order valence-corrected chi connectivity index (χ2v) is 17.1. The van der Waals surface area contributed by atoms with Crippen LogP contribution in [0.25, 0.3) is 22.3 Å². The third-order valence-corrected chi connectivity index (χ3v) is 13.4. The van der Waals surface area contributed by atoms with E-state index in [4.69, 9.17) is 0 Å². The number of rotatable bonds is 18. The van der Waals surface area contributed by atoms with Crippen LogP contribution in [0, 0.1) is 0 Å². The van der Waals surface area contributed by atoms with Crippen LogP contribution in [0.15, 0.2) is 30.4 Å².